The second kappa shape index (κ2) is 7.88. The number of ether oxygens (including phenoxy) is 1. The number of rotatable bonds is 7. The van der Waals surface area contributed by atoms with Crippen LogP contribution in [0.5, 0.6) is 5.75 Å². The maximum atomic E-state index is 12.9. The van der Waals surface area contributed by atoms with Crippen molar-refractivity contribution >= 4 is 17.2 Å². The predicted molar refractivity (Wildman–Crippen MR) is 95.1 cm³/mol. The van der Waals surface area contributed by atoms with Crippen LogP contribution in [0.25, 0.3) is 10.6 Å². The molecule has 0 saturated carbocycles. The molecule has 124 valence electrons. The lowest BCUT2D eigenvalue weighted by atomic mass is 10.1. The molecule has 1 N–H and O–H groups in total. The molecule has 0 aliphatic heterocycles. The monoisotopic (exact) mass is 343 g/mol. The van der Waals surface area contributed by atoms with E-state index in [2.05, 4.69) is 15.3 Å². The number of hydrogen-bond donors (Lipinski definition) is 1. The van der Waals surface area contributed by atoms with Crippen molar-refractivity contribution in [2.24, 2.45) is 0 Å². The zero-order chi connectivity index (χ0) is 16.8. The van der Waals surface area contributed by atoms with E-state index in [1.807, 2.05) is 24.4 Å². The van der Waals surface area contributed by atoms with Gasteiger partial charge in [-0.2, -0.15) is 0 Å². The van der Waals surface area contributed by atoms with Crippen LogP contribution >= 0.6 is 11.3 Å². The Morgan fingerprint density at radius 3 is 2.79 bits per heavy atom. The molecular weight excluding hydrogens is 325 g/mol. The highest BCUT2D eigenvalue weighted by Crippen LogP contribution is 2.30. The second-order valence-corrected chi connectivity index (χ2v) is 6.08. The normalized spacial score (nSPS) is 10.6. The van der Waals surface area contributed by atoms with Crippen molar-refractivity contribution in [3.05, 3.63) is 59.5 Å². The lowest BCUT2D eigenvalue weighted by Crippen LogP contribution is -2.06. The largest absolute Gasteiger partial charge is 0.493 e. The van der Waals surface area contributed by atoms with Crippen molar-refractivity contribution in [2.45, 2.75) is 13.3 Å². The number of benzene rings is 1. The molecule has 0 aliphatic carbocycles. The van der Waals surface area contributed by atoms with Crippen LogP contribution in [0, 0.1) is 5.82 Å². The van der Waals surface area contributed by atoms with Crippen molar-refractivity contribution in [1.82, 2.24) is 9.97 Å². The molecule has 24 heavy (non-hydrogen) atoms. The first-order chi connectivity index (χ1) is 11.7. The van der Waals surface area contributed by atoms with Crippen LogP contribution in [0.3, 0.4) is 0 Å². The molecule has 1 aromatic carbocycles. The number of aromatic nitrogens is 2. The molecule has 0 amide bonds. The number of nitrogens with one attached hydrogen (secondary N) is 1. The van der Waals surface area contributed by atoms with Gasteiger partial charge in [-0.05, 0) is 31.0 Å². The van der Waals surface area contributed by atoms with Crippen molar-refractivity contribution < 1.29 is 9.13 Å². The van der Waals surface area contributed by atoms with Gasteiger partial charge in [0.05, 0.1) is 17.2 Å². The topological polar surface area (TPSA) is 47.0 Å². The van der Waals surface area contributed by atoms with Crippen LogP contribution in [0.1, 0.15) is 12.5 Å². The van der Waals surface area contributed by atoms with E-state index >= 15 is 0 Å². The SMILES string of the molecule is CCOc1csc(-c2cc(NCCc3ccc(F)cc3)ncn2)c1. The molecule has 6 heteroatoms. The molecule has 2 aromatic heterocycles. The Morgan fingerprint density at radius 1 is 1.17 bits per heavy atom. The third-order valence-corrected chi connectivity index (χ3v) is 4.37. The fourth-order valence-corrected chi connectivity index (χ4v) is 3.07. The molecule has 0 aliphatic rings. The average Bonchev–Trinajstić information content (AvgIpc) is 3.06. The minimum Gasteiger partial charge on any atom is -0.493 e. The number of anilines is 1. The fourth-order valence-electron chi connectivity index (χ4n) is 2.27. The molecule has 4 nitrogen and oxygen atoms in total. The Balaban J connectivity index is 1.61. The van der Waals surface area contributed by atoms with Gasteiger partial charge < -0.3 is 10.1 Å². The molecule has 0 unspecified atom stereocenters. The second-order valence-electron chi connectivity index (χ2n) is 5.17. The number of hydrogen-bond acceptors (Lipinski definition) is 5. The Hall–Kier alpha value is -2.47. The summed E-state index contributed by atoms with van der Waals surface area (Å²) >= 11 is 1.59. The third-order valence-electron chi connectivity index (χ3n) is 3.44. The highest BCUT2D eigenvalue weighted by atomic mass is 32.1. The maximum Gasteiger partial charge on any atom is 0.130 e. The van der Waals surface area contributed by atoms with Crippen molar-refractivity contribution in [3.8, 4) is 16.3 Å². The van der Waals surface area contributed by atoms with Gasteiger partial charge in [-0.3, -0.25) is 0 Å². The Labute approximate surface area is 144 Å². The molecule has 0 fully saturated rings. The molecule has 3 aromatic rings. The molecule has 2 heterocycles. The molecule has 0 radical (unpaired) electrons. The number of nitrogens with zero attached hydrogens (tertiary/aromatic N) is 2. The summed E-state index contributed by atoms with van der Waals surface area (Å²) < 4.78 is 18.4. The van der Waals surface area contributed by atoms with Crippen LogP contribution in [0.4, 0.5) is 10.2 Å². The summed E-state index contributed by atoms with van der Waals surface area (Å²) in [5.74, 6) is 1.42. The van der Waals surface area contributed by atoms with Gasteiger partial charge in [0, 0.05) is 24.1 Å². The molecule has 0 bridgehead atoms. The van der Waals surface area contributed by atoms with Crippen LogP contribution in [-0.4, -0.2) is 23.1 Å². The first-order valence-corrected chi connectivity index (χ1v) is 8.64. The van der Waals surface area contributed by atoms with Crippen LogP contribution < -0.4 is 10.1 Å². The Kier molecular flexibility index (Phi) is 5.38. The smallest absolute Gasteiger partial charge is 0.130 e. The number of thiophene rings is 1. The summed E-state index contributed by atoms with van der Waals surface area (Å²) in [5, 5.41) is 5.25. The first kappa shape index (κ1) is 16.4. The Morgan fingerprint density at radius 2 is 2.00 bits per heavy atom. The summed E-state index contributed by atoms with van der Waals surface area (Å²) in [6, 6.07) is 10.5. The van der Waals surface area contributed by atoms with Crippen molar-refractivity contribution in [1.29, 1.82) is 0 Å². The summed E-state index contributed by atoms with van der Waals surface area (Å²) in [6.45, 7) is 3.33. The minimum absolute atomic E-state index is 0.213. The van der Waals surface area contributed by atoms with Gasteiger partial charge in [-0.25, -0.2) is 14.4 Å². The summed E-state index contributed by atoms with van der Waals surface area (Å²) in [7, 11) is 0. The van der Waals surface area contributed by atoms with Crippen LogP contribution in [-0.2, 0) is 6.42 Å². The van der Waals surface area contributed by atoms with E-state index in [1.165, 1.54) is 12.1 Å². The Bertz CT molecular complexity index is 789. The lowest BCUT2D eigenvalue weighted by Gasteiger charge is -2.06. The van der Waals surface area contributed by atoms with Crippen molar-refractivity contribution in [2.75, 3.05) is 18.5 Å². The van der Waals surface area contributed by atoms with Gasteiger partial charge in [0.2, 0.25) is 0 Å². The van der Waals surface area contributed by atoms with Gasteiger partial charge in [0.15, 0.2) is 0 Å². The average molecular weight is 343 g/mol. The number of halogens is 1. The van der Waals surface area contributed by atoms with Gasteiger partial charge in [0.25, 0.3) is 0 Å². The van der Waals surface area contributed by atoms with E-state index < -0.39 is 0 Å². The predicted octanol–water partition coefficient (Wildman–Crippen LogP) is 4.40. The summed E-state index contributed by atoms with van der Waals surface area (Å²) in [6.07, 6.45) is 2.35. The summed E-state index contributed by atoms with van der Waals surface area (Å²) in [5.41, 5.74) is 1.95. The lowest BCUT2D eigenvalue weighted by molar-refractivity contribution is 0.342. The standard InChI is InChI=1S/C18H18FN3OS/c1-2-23-15-9-17(24-11-15)16-10-18(22-12-21-16)20-8-7-13-3-5-14(19)6-4-13/h3-6,9-12H,2,7-8H2,1H3,(H,20,21,22). The third kappa shape index (κ3) is 4.29. The minimum atomic E-state index is -0.213. The van der Waals surface area contributed by atoms with Gasteiger partial charge in [0.1, 0.15) is 23.7 Å². The van der Waals surface area contributed by atoms with E-state index in [4.69, 9.17) is 4.74 Å². The maximum absolute atomic E-state index is 12.9. The molecule has 0 spiro atoms. The van der Waals surface area contributed by atoms with Crippen LogP contribution in [0.15, 0.2) is 48.1 Å². The van der Waals surface area contributed by atoms with Gasteiger partial charge in [-0.1, -0.05) is 12.1 Å². The first-order valence-electron chi connectivity index (χ1n) is 7.76. The molecule has 0 atom stereocenters. The highest BCUT2D eigenvalue weighted by molar-refractivity contribution is 7.13. The van der Waals surface area contributed by atoms with Gasteiger partial charge in [-0.15, -0.1) is 11.3 Å². The van der Waals surface area contributed by atoms with E-state index in [9.17, 15) is 4.39 Å². The molecular formula is C18H18FN3OS. The zero-order valence-electron chi connectivity index (χ0n) is 13.3. The fraction of sp³-hybridized carbons (Fsp3) is 0.222. The van der Waals surface area contributed by atoms with Crippen molar-refractivity contribution in [3.63, 3.8) is 0 Å². The van der Waals surface area contributed by atoms with E-state index in [0.29, 0.717) is 6.61 Å². The highest BCUT2D eigenvalue weighted by Gasteiger charge is 2.06. The quantitative estimate of drug-likeness (QED) is 0.691. The van der Waals surface area contributed by atoms with E-state index in [1.54, 1.807) is 29.8 Å². The molecule has 3 rings (SSSR count). The van der Waals surface area contributed by atoms with E-state index in [0.717, 1.165) is 40.7 Å². The zero-order valence-corrected chi connectivity index (χ0v) is 14.1. The summed E-state index contributed by atoms with van der Waals surface area (Å²) in [4.78, 5) is 9.61. The molecule has 0 saturated heterocycles. The van der Waals surface area contributed by atoms with E-state index in [-0.39, 0.29) is 5.82 Å². The van der Waals surface area contributed by atoms with Crippen LogP contribution in [0.2, 0.25) is 0 Å². The van der Waals surface area contributed by atoms with Gasteiger partial charge >= 0.3 is 0 Å².